The first-order valence-corrected chi connectivity index (χ1v) is 4.97. The highest BCUT2D eigenvalue weighted by atomic mass is 19.4. The van der Waals surface area contributed by atoms with Crippen molar-refractivity contribution in [2.75, 3.05) is 5.32 Å². The fraction of sp³-hybridized carbons (Fsp3) is 0.167. The quantitative estimate of drug-likeness (QED) is 0.792. The molecule has 2 nitrogen and oxygen atoms in total. The number of fused-ring (bicyclic) bond motifs is 1. The van der Waals surface area contributed by atoms with Crippen LogP contribution in [0, 0.1) is 0 Å². The monoisotopic (exact) mass is 241 g/mol. The highest BCUT2D eigenvalue weighted by Gasteiger charge is 2.38. The summed E-state index contributed by atoms with van der Waals surface area (Å²) < 4.78 is 36.7. The van der Waals surface area contributed by atoms with E-state index in [9.17, 15) is 13.2 Å². The van der Waals surface area contributed by atoms with Gasteiger partial charge < -0.3 is 10.4 Å². The lowest BCUT2D eigenvalue weighted by atomic mass is 10.1. The molecule has 1 unspecified atom stereocenters. The van der Waals surface area contributed by atoms with Gasteiger partial charge in [-0.15, -0.1) is 0 Å². The van der Waals surface area contributed by atoms with Gasteiger partial charge in [0.1, 0.15) is 0 Å². The van der Waals surface area contributed by atoms with E-state index in [4.69, 9.17) is 5.11 Å². The maximum atomic E-state index is 12.2. The number of hydrogen-bond donors (Lipinski definition) is 2. The number of rotatable bonds is 2. The maximum Gasteiger partial charge on any atom is 0.433 e. The zero-order valence-corrected chi connectivity index (χ0v) is 8.70. The van der Waals surface area contributed by atoms with Gasteiger partial charge in [0, 0.05) is 11.1 Å². The second-order valence-electron chi connectivity index (χ2n) is 3.62. The molecule has 0 amide bonds. The van der Waals surface area contributed by atoms with Crippen LogP contribution in [0.3, 0.4) is 0 Å². The minimum Gasteiger partial charge on any atom is -0.366 e. The molecular weight excluding hydrogens is 231 g/mol. The van der Waals surface area contributed by atoms with Gasteiger partial charge in [0.25, 0.3) is 0 Å². The lowest BCUT2D eigenvalue weighted by Crippen LogP contribution is -2.35. The van der Waals surface area contributed by atoms with Crippen LogP contribution in [0.2, 0.25) is 0 Å². The highest BCUT2D eigenvalue weighted by Crippen LogP contribution is 2.27. The van der Waals surface area contributed by atoms with Crippen LogP contribution in [0.15, 0.2) is 42.5 Å². The minimum atomic E-state index is -4.68. The van der Waals surface area contributed by atoms with Crippen LogP contribution in [0.5, 0.6) is 0 Å². The van der Waals surface area contributed by atoms with Crippen molar-refractivity contribution < 1.29 is 18.3 Å². The van der Waals surface area contributed by atoms with E-state index >= 15 is 0 Å². The topological polar surface area (TPSA) is 32.3 Å². The highest BCUT2D eigenvalue weighted by molar-refractivity contribution is 5.93. The number of nitrogens with one attached hydrogen (secondary N) is 1. The molecule has 2 rings (SSSR count). The molecule has 5 heteroatoms. The Morgan fingerprint density at radius 2 is 1.65 bits per heavy atom. The first-order chi connectivity index (χ1) is 7.98. The first kappa shape index (κ1) is 11.7. The molecule has 0 aliphatic carbocycles. The van der Waals surface area contributed by atoms with Gasteiger partial charge in [-0.3, -0.25) is 0 Å². The molecule has 0 aliphatic rings. The number of aliphatic hydroxyl groups excluding tert-OH is 1. The van der Waals surface area contributed by atoms with E-state index in [1.54, 1.807) is 36.4 Å². The van der Waals surface area contributed by atoms with Crippen molar-refractivity contribution in [2.45, 2.75) is 12.4 Å². The molecular formula is C12H10F3NO. The summed E-state index contributed by atoms with van der Waals surface area (Å²) in [6.45, 7) is 0. The summed E-state index contributed by atoms with van der Waals surface area (Å²) in [4.78, 5) is 0. The zero-order valence-electron chi connectivity index (χ0n) is 8.70. The molecule has 0 radical (unpaired) electrons. The van der Waals surface area contributed by atoms with E-state index in [0.29, 0.717) is 5.39 Å². The van der Waals surface area contributed by atoms with Crippen LogP contribution < -0.4 is 5.32 Å². The van der Waals surface area contributed by atoms with Crippen molar-refractivity contribution in [1.82, 2.24) is 0 Å². The van der Waals surface area contributed by atoms with E-state index in [0.717, 1.165) is 5.39 Å². The van der Waals surface area contributed by atoms with Crippen LogP contribution in [0.1, 0.15) is 0 Å². The molecule has 2 aromatic carbocycles. The van der Waals surface area contributed by atoms with Gasteiger partial charge in [-0.05, 0) is 11.5 Å². The Kier molecular flexibility index (Phi) is 2.93. The van der Waals surface area contributed by atoms with Crippen LogP contribution in [-0.2, 0) is 0 Å². The number of anilines is 1. The molecule has 17 heavy (non-hydrogen) atoms. The third kappa shape index (κ3) is 2.50. The Hall–Kier alpha value is -1.75. The van der Waals surface area contributed by atoms with Gasteiger partial charge in [-0.1, -0.05) is 36.4 Å². The van der Waals surface area contributed by atoms with Crippen LogP contribution in [0.25, 0.3) is 10.8 Å². The lowest BCUT2D eigenvalue weighted by molar-refractivity contribution is -0.194. The predicted molar refractivity (Wildman–Crippen MR) is 59.6 cm³/mol. The van der Waals surface area contributed by atoms with E-state index in [-0.39, 0.29) is 5.69 Å². The van der Waals surface area contributed by atoms with E-state index in [1.165, 1.54) is 6.07 Å². The normalized spacial score (nSPS) is 13.6. The maximum absolute atomic E-state index is 12.2. The minimum absolute atomic E-state index is 0.257. The average Bonchev–Trinajstić information content (AvgIpc) is 2.28. The number of aliphatic hydroxyl groups is 1. The van der Waals surface area contributed by atoms with E-state index in [2.05, 4.69) is 5.32 Å². The summed E-state index contributed by atoms with van der Waals surface area (Å²) in [5.41, 5.74) is 0.257. The standard InChI is InChI=1S/C12H10F3NO/c13-12(14,15)11(17)16-10-7-3-5-8-4-1-2-6-9(8)10/h1-7,11,16-17H. The van der Waals surface area contributed by atoms with Crippen molar-refractivity contribution in [3.63, 3.8) is 0 Å². The summed E-state index contributed by atoms with van der Waals surface area (Å²) in [7, 11) is 0. The molecule has 0 fully saturated rings. The van der Waals surface area contributed by atoms with E-state index in [1.807, 2.05) is 0 Å². The molecule has 0 spiro atoms. The molecule has 1 atom stereocenters. The van der Waals surface area contributed by atoms with Crippen LogP contribution in [0.4, 0.5) is 18.9 Å². The lowest BCUT2D eigenvalue weighted by Gasteiger charge is -2.18. The number of alkyl halides is 3. The van der Waals surface area contributed by atoms with E-state index < -0.39 is 12.4 Å². The Labute approximate surface area is 95.7 Å². The third-order valence-corrected chi connectivity index (χ3v) is 2.39. The Morgan fingerprint density at radius 1 is 1.00 bits per heavy atom. The van der Waals surface area contributed by atoms with Crippen molar-refractivity contribution >= 4 is 16.5 Å². The smallest absolute Gasteiger partial charge is 0.366 e. The van der Waals surface area contributed by atoms with Gasteiger partial charge >= 0.3 is 6.18 Å². The average molecular weight is 241 g/mol. The molecule has 0 saturated carbocycles. The first-order valence-electron chi connectivity index (χ1n) is 4.97. The second kappa shape index (κ2) is 4.25. The Balaban J connectivity index is 2.36. The molecule has 2 aromatic rings. The number of hydrogen-bond acceptors (Lipinski definition) is 2. The van der Waals surface area contributed by atoms with Crippen LogP contribution in [-0.4, -0.2) is 17.5 Å². The molecule has 0 aliphatic heterocycles. The summed E-state index contributed by atoms with van der Waals surface area (Å²) in [6.07, 6.45) is -7.25. The van der Waals surface area contributed by atoms with Crippen LogP contribution >= 0.6 is 0 Å². The van der Waals surface area contributed by atoms with Crippen molar-refractivity contribution in [3.8, 4) is 0 Å². The molecule has 0 heterocycles. The third-order valence-electron chi connectivity index (χ3n) is 2.39. The largest absolute Gasteiger partial charge is 0.433 e. The van der Waals surface area contributed by atoms with Gasteiger partial charge in [0.05, 0.1) is 0 Å². The predicted octanol–water partition coefficient (Wildman–Crippen LogP) is 3.13. The van der Waals surface area contributed by atoms with Gasteiger partial charge in [0.15, 0.2) is 0 Å². The SMILES string of the molecule is OC(Nc1cccc2ccccc12)C(F)(F)F. The number of benzene rings is 2. The zero-order chi connectivity index (χ0) is 12.5. The Bertz CT molecular complexity index is 519. The van der Waals surface area contributed by atoms with Crippen molar-refractivity contribution in [3.05, 3.63) is 42.5 Å². The molecule has 90 valence electrons. The fourth-order valence-electron chi connectivity index (χ4n) is 1.58. The summed E-state index contributed by atoms with van der Waals surface area (Å²) in [5, 5.41) is 12.5. The molecule has 0 bridgehead atoms. The van der Waals surface area contributed by atoms with Crippen molar-refractivity contribution in [2.24, 2.45) is 0 Å². The summed E-state index contributed by atoms with van der Waals surface area (Å²) in [5.74, 6) is 0. The molecule has 0 saturated heterocycles. The Morgan fingerprint density at radius 3 is 2.35 bits per heavy atom. The molecule has 0 aromatic heterocycles. The number of halogens is 3. The van der Waals surface area contributed by atoms with Crippen molar-refractivity contribution in [1.29, 1.82) is 0 Å². The van der Waals surface area contributed by atoms with Gasteiger partial charge in [0.2, 0.25) is 6.23 Å². The fourth-order valence-corrected chi connectivity index (χ4v) is 1.58. The second-order valence-corrected chi connectivity index (χ2v) is 3.62. The summed E-state index contributed by atoms with van der Waals surface area (Å²) >= 11 is 0. The molecule has 2 N–H and O–H groups in total. The van der Waals surface area contributed by atoms with Gasteiger partial charge in [-0.25, -0.2) is 0 Å². The summed E-state index contributed by atoms with van der Waals surface area (Å²) in [6, 6.07) is 11.9. The van der Waals surface area contributed by atoms with Gasteiger partial charge in [-0.2, -0.15) is 13.2 Å².